The molecule has 190 valence electrons. The molecule has 3 aromatic rings. The highest BCUT2D eigenvalue weighted by Crippen LogP contribution is 2.39. The van der Waals surface area contributed by atoms with E-state index < -0.39 is 39.7 Å². The Kier molecular flexibility index (Phi) is 6.79. The number of halogens is 4. The Balaban J connectivity index is 1.84. The van der Waals surface area contributed by atoms with Gasteiger partial charge in [0.05, 0.1) is 16.9 Å². The Morgan fingerprint density at radius 1 is 1.09 bits per heavy atom. The number of hydrogen-bond donors (Lipinski definition) is 1. The van der Waals surface area contributed by atoms with Crippen LogP contribution in [-0.4, -0.2) is 24.9 Å². The van der Waals surface area contributed by atoms with Gasteiger partial charge in [0.2, 0.25) is 10.0 Å². The van der Waals surface area contributed by atoms with Crippen LogP contribution in [0.1, 0.15) is 57.2 Å². The molecule has 4 nitrogen and oxygen atoms in total. The third-order valence-electron chi connectivity index (χ3n) is 6.43. The number of rotatable bonds is 7. The van der Waals surface area contributed by atoms with Crippen LogP contribution in [-0.2, 0) is 22.7 Å². The van der Waals surface area contributed by atoms with Crippen LogP contribution in [0.25, 0.3) is 22.0 Å². The highest BCUT2D eigenvalue weighted by Gasteiger charge is 2.35. The lowest BCUT2D eigenvalue weighted by atomic mass is 9.96. The van der Waals surface area contributed by atoms with Gasteiger partial charge in [-0.3, -0.25) is 0 Å². The smallest absolute Gasteiger partial charge is 0.347 e. The van der Waals surface area contributed by atoms with Crippen molar-refractivity contribution in [2.24, 2.45) is 5.41 Å². The van der Waals surface area contributed by atoms with E-state index in [1.54, 1.807) is 30.5 Å². The summed E-state index contributed by atoms with van der Waals surface area (Å²) in [6.45, 7) is 5.65. The van der Waals surface area contributed by atoms with Crippen molar-refractivity contribution >= 4 is 20.9 Å². The molecule has 1 aliphatic rings. The molecule has 0 spiro atoms. The van der Waals surface area contributed by atoms with Crippen LogP contribution in [0.2, 0.25) is 0 Å². The van der Waals surface area contributed by atoms with Gasteiger partial charge in [0.15, 0.2) is 0 Å². The molecular weight excluding hydrogens is 480 g/mol. The Morgan fingerprint density at radius 3 is 2.34 bits per heavy atom. The largest absolute Gasteiger partial charge is 0.417 e. The topological polar surface area (TPSA) is 51.1 Å². The minimum Gasteiger partial charge on any atom is -0.347 e. The molecule has 1 heterocycles. The summed E-state index contributed by atoms with van der Waals surface area (Å²) in [6.07, 6.45) is -0.838. The van der Waals surface area contributed by atoms with E-state index in [4.69, 9.17) is 0 Å². The zero-order chi connectivity index (χ0) is 25.6. The van der Waals surface area contributed by atoms with E-state index in [0.717, 1.165) is 12.5 Å². The molecule has 0 saturated heterocycles. The second-order valence-corrected chi connectivity index (χ2v) is 12.5. The van der Waals surface area contributed by atoms with Crippen molar-refractivity contribution in [1.82, 2.24) is 9.29 Å². The van der Waals surface area contributed by atoms with Crippen LogP contribution in [0.5, 0.6) is 0 Å². The van der Waals surface area contributed by atoms with Crippen molar-refractivity contribution in [1.29, 1.82) is 0 Å². The number of benzene rings is 2. The average molecular weight is 511 g/mol. The van der Waals surface area contributed by atoms with Crippen LogP contribution in [0.3, 0.4) is 0 Å². The molecule has 1 aromatic heterocycles. The number of sulfonamides is 1. The SMILES string of the molecule is CC(C)(C)Cn1cc([C@@H](CF)NS(=O)(=O)C2CCC2)c2ccc(-c3ccccc3C(F)(F)F)cc21. The van der Waals surface area contributed by atoms with Crippen molar-refractivity contribution in [3.63, 3.8) is 0 Å². The monoisotopic (exact) mass is 510 g/mol. The first-order valence-electron chi connectivity index (χ1n) is 11.7. The molecule has 0 radical (unpaired) electrons. The van der Waals surface area contributed by atoms with Crippen LogP contribution in [0.15, 0.2) is 48.7 Å². The maximum atomic E-state index is 14.2. The summed E-state index contributed by atoms with van der Waals surface area (Å²) in [7, 11) is -3.67. The molecular formula is C26H30F4N2O2S. The second kappa shape index (κ2) is 9.24. The summed E-state index contributed by atoms with van der Waals surface area (Å²) in [5.74, 6) is 0. The fraction of sp³-hybridized carbons (Fsp3) is 0.462. The number of nitrogens with one attached hydrogen (secondary N) is 1. The first kappa shape index (κ1) is 25.7. The van der Waals surface area contributed by atoms with Gasteiger partial charge in [0, 0.05) is 23.6 Å². The molecule has 1 fully saturated rings. The fourth-order valence-electron chi connectivity index (χ4n) is 4.54. The summed E-state index contributed by atoms with van der Waals surface area (Å²) in [4.78, 5) is 0. The number of hydrogen-bond acceptors (Lipinski definition) is 2. The first-order chi connectivity index (χ1) is 16.3. The lowest BCUT2D eigenvalue weighted by Crippen LogP contribution is -2.40. The average Bonchev–Trinajstić information content (AvgIpc) is 3.05. The predicted molar refractivity (Wildman–Crippen MR) is 130 cm³/mol. The zero-order valence-corrected chi connectivity index (χ0v) is 20.8. The Morgan fingerprint density at radius 2 is 1.77 bits per heavy atom. The van der Waals surface area contributed by atoms with Crippen molar-refractivity contribution in [2.75, 3.05) is 6.67 Å². The number of alkyl halides is 4. The van der Waals surface area contributed by atoms with E-state index >= 15 is 0 Å². The molecule has 35 heavy (non-hydrogen) atoms. The van der Waals surface area contributed by atoms with Gasteiger partial charge in [-0.25, -0.2) is 17.5 Å². The standard InChI is InChI=1S/C26H30F4N2O2S/c1-25(2,3)16-32-15-21(23(14-27)31-35(33,34)18-7-6-8-18)20-12-11-17(13-24(20)32)19-9-4-5-10-22(19)26(28,29)30/h4-5,9-13,15,18,23,31H,6-8,14,16H2,1-3H3/t23-/m1/s1. The van der Waals surface area contributed by atoms with Gasteiger partial charge in [-0.1, -0.05) is 57.5 Å². The lowest BCUT2D eigenvalue weighted by molar-refractivity contribution is -0.137. The molecule has 1 aliphatic carbocycles. The van der Waals surface area contributed by atoms with Crippen LogP contribution in [0, 0.1) is 5.41 Å². The molecule has 1 atom stereocenters. The van der Waals surface area contributed by atoms with Crippen molar-refractivity contribution in [3.8, 4) is 11.1 Å². The van der Waals surface area contributed by atoms with E-state index in [0.29, 0.717) is 41.4 Å². The predicted octanol–water partition coefficient (Wildman–Crippen LogP) is 6.86. The summed E-state index contributed by atoms with van der Waals surface area (Å²) in [6, 6.07) is 9.23. The lowest BCUT2D eigenvalue weighted by Gasteiger charge is -2.27. The summed E-state index contributed by atoms with van der Waals surface area (Å²) in [5.41, 5.74) is 0.635. The molecule has 9 heteroatoms. The fourth-order valence-corrected chi connectivity index (χ4v) is 6.28. The van der Waals surface area contributed by atoms with Gasteiger partial charge in [-0.15, -0.1) is 0 Å². The Hall–Kier alpha value is -2.39. The van der Waals surface area contributed by atoms with Gasteiger partial charge in [0.1, 0.15) is 6.67 Å². The quantitative estimate of drug-likeness (QED) is 0.353. The van der Waals surface area contributed by atoms with Crippen LogP contribution >= 0.6 is 0 Å². The maximum absolute atomic E-state index is 14.2. The summed E-state index contributed by atoms with van der Waals surface area (Å²) < 4.78 is 85.0. The molecule has 0 amide bonds. The van der Waals surface area contributed by atoms with E-state index in [2.05, 4.69) is 4.72 Å². The van der Waals surface area contributed by atoms with E-state index in [-0.39, 0.29) is 11.0 Å². The van der Waals surface area contributed by atoms with Crippen molar-refractivity contribution < 1.29 is 26.0 Å². The first-order valence-corrected chi connectivity index (χ1v) is 13.2. The molecule has 4 rings (SSSR count). The second-order valence-electron chi connectivity index (χ2n) is 10.5. The Bertz CT molecular complexity index is 1320. The minimum atomic E-state index is -4.51. The van der Waals surface area contributed by atoms with Crippen molar-refractivity contribution in [2.45, 2.75) is 64.0 Å². The van der Waals surface area contributed by atoms with E-state index in [1.165, 1.54) is 12.1 Å². The van der Waals surface area contributed by atoms with Gasteiger partial charge in [-0.05, 0) is 47.1 Å². The normalized spacial score (nSPS) is 16.4. The number of fused-ring (bicyclic) bond motifs is 1. The van der Waals surface area contributed by atoms with Crippen LogP contribution in [0.4, 0.5) is 17.6 Å². The molecule has 1 N–H and O–H groups in total. The van der Waals surface area contributed by atoms with Gasteiger partial charge >= 0.3 is 6.18 Å². The molecule has 0 unspecified atom stereocenters. The highest BCUT2D eigenvalue weighted by atomic mass is 32.2. The van der Waals surface area contributed by atoms with Crippen molar-refractivity contribution in [3.05, 3.63) is 59.8 Å². The zero-order valence-electron chi connectivity index (χ0n) is 20.0. The molecule has 2 aromatic carbocycles. The third-order valence-corrected chi connectivity index (χ3v) is 8.39. The third kappa shape index (κ3) is 5.40. The van der Waals surface area contributed by atoms with Gasteiger partial charge < -0.3 is 4.57 Å². The molecule has 0 bridgehead atoms. The Labute approximate surface area is 203 Å². The van der Waals surface area contributed by atoms with Gasteiger partial charge in [-0.2, -0.15) is 13.2 Å². The summed E-state index contributed by atoms with van der Waals surface area (Å²) >= 11 is 0. The minimum absolute atomic E-state index is 0.0553. The molecule has 1 saturated carbocycles. The number of aromatic nitrogens is 1. The van der Waals surface area contributed by atoms with Crippen LogP contribution < -0.4 is 4.72 Å². The van der Waals surface area contributed by atoms with E-state index in [9.17, 15) is 26.0 Å². The maximum Gasteiger partial charge on any atom is 0.417 e. The van der Waals surface area contributed by atoms with E-state index in [1.807, 2.05) is 25.3 Å². The summed E-state index contributed by atoms with van der Waals surface area (Å²) in [5, 5.41) is 0.103. The molecule has 0 aliphatic heterocycles. The van der Waals surface area contributed by atoms with Gasteiger partial charge in [0.25, 0.3) is 0 Å². The highest BCUT2D eigenvalue weighted by molar-refractivity contribution is 7.90. The number of nitrogens with zero attached hydrogens (tertiary/aromatic N) is 1.